The van der Waals surface area contributed by atoms with Gasteiger partial charge in [0.25, 0.3) is 0 Å². The second-order valence-electron chi connectivity index (χ2n) is 4.59. The maximum atomic E-state index is 13.4. The molecule has 5 heteroatoms. The van der Waals surface area contributed by atoms with Crippen molar-refractivity contribution in [3.05, 3.63) is 48.0 Å². The predicted octanol–water partition coefficient (Wildman–Crippen LogP) is 1.99. The molecule has 0 saturated carbocycles. The number of nitrogens with zero attached hydrogens (tertiary/aromatic N) is 2. The van der Waals surface area contributed by atoms with E-state index in [4.69, 9.17) is 10.5 Å². The molecule has 0 amide bonds. The number of hydrogen-bond donors (Lipinski definition) is 1. The summed E-state index contributed by atoms with van der Waals surface area (Å²) in [4.78, 5) is 0. The van der Waals surface area contributed by atoms with E-state index in [0.717, 1.165) is 5.56 Å². The highest BCUT2D eigenvalue weighted by Gasteiger charge is 2.04. The van der Waals surface area contributed by atoms with Gasteiger partial charge < -0.3 is 10.5 Å². The van der Waals surface area contributed by atoms with E-state index < -0.39 is 0 Å². The van der Waals surface area contributed by atoms with E-state index >= 15 is 0 Å². The standard InChI is InChI=1S/C14H18FN3O/c1-11(16)7-12-8-13(15)10-14(9-12)19-6-5-18-4-2-3-17-18/h2-4,8-11H,5-7,16H2,1H3. The van der Waals surface area contributed by atoms with Crippen LogP contribution in [0.15, 0.2) is 36.7 Å². The van der Waals surface area contributed by atoms with Crippen molar-refractivity contribution in [2.24, 2.45) is 5.73 Å². The zero-order valence-electron chi connectivity index (χ0n) is 10.9. The van der Waals surface area contributed by atoms with Gasteiger partial charge >= 0.3 is 0 Å². The van der Waals surface area contributed by atoms with Gasteiger partial charge in [0.05, 0.1) is 6.54 Å². The summed E-state index contributed by atoms with van der Waals surface area (Å²) in [7, 11) is 0. The highest BCUT2D eigenvalue weighted by atomic mass is 19.1. The number of aromatic nitrogens is 2. The largest absolute Gasteiger partial charge is 0.492 e. The fourth-order valence-electron chi connectivity index (χ4n) is 1.88. The fourth-order valence-corrected chi connectivity index (χ4v) is 1.88. The summed E-state index contributed by atoms with van der Waals surface area (Å²) in [5.74, 6) is 0.232. The van der Waals surface area contributed by atoms with E-state index in [9.17, 15) is 4.39 Å². The van der Waals surface area contributed by atoms with Crippen molar-refractivity contribution < 1.29 is 9.13 Å². The SMILES string of the molecule is CC(N)Cc1cc(F)cc(OCCn2cccn2)c1. The van der Waals surface area contributed by atoms with Crippen LogP contribution in [0.5, 0.6) is 5.75 Å². The van der Waals surface area contributed by atoms with Crippen LogP contribution in [0.3, 0.4) is 0 Å². The van der Waals surface area contributed by atoms with Crippen LogP contribution < -0.4 is 10.5 Å². The second-order valence-corrected chi connectivity index (χ2v) is 4.59. The third-order valence-corrected chi connectivity index (χ3v) is 2.64. The molecule has 0 aliphatic carbocycles. The van der Waals surface area contributed by atoms with Crippen molar-refractivity contribution in [2.45, 2.75) is 25.9 Å². The van der Waals surface area contributed by atoms with Crippen LogP contribution in [0.25, 0.3) is 0 Å². The molecule has 0 aliphatic rings. The highest BCUT2D eigenvalue weighted by molar-refractivity contribution is 5.30. The van der Waals surface area contributed by atoms with Crippen LogP contribution in [0, 0.1) is 5.82 Å². The van der Waals surface area contributed by atoms with Crippen molar-refractivity contribution in [2.75, 3.05) is 6.61 Å². The summed E-state index contributed by atoms with van der Waals surface area (Å²) in [6.07, 6.45) is 4.20. The molecule has 2 rings (SSSR count). The molecule has 0 fully saturated rings. The van der Waals surface area contributed by atoms with Crippen molar-refractivity contribution in [3.63, 3.8) is 0 Å². The predicted molar refractivity (Wildman–Crippen MR) is 71.5 cm³/mol. The number of ether oxygens (including phenoxy) is 1. The lowest BCUT2D eigenvalue weighted by Gasteiger charge is -2.10. The number of nitrogens with two attached hydrogens (primary N) is 1. The van der Waals surface area contributed by atoms with Gasteiger partial charge in [-0.05, 0) is 37.1 Å². The van der Waals surface area contributed by atoms with Crippen LogP contribution in [0.2, 0.25) is 0 Å². The molecule has 1 aromatic heterocycles. The summed E-state index contributed by atoms with van der Waals surface area (Å²) in [6.45, 7) is 2.97. The van der Waals surface area contributed by atoms with Gasteiger partial charge in [-0.15, -0.1) is 0 Å². The quantitative estimate of drug-likeness (QED) is 0.867. The van der Waals surface area contributed by atoms with E-state index in [0.29, 0.717) is 25.3 Å². The smallest absolute Gasteiger partial charge is 0.127 e. The van der Waals surface area contributed by atoms with Gasteiger partial charge in [-0.2, -0.15) is 5.10 Å². The minimum atomic E-state index is -0.299. The minimum absolute atomic E-state index is 0.00118. The zero-order valence-corrected chi connectivity index (χ0v) is 10.9. The van der Waals surface area contributed by atoms with Crippen molar-refractivity contribution >= 4 is 0 Å². The van der Waals surface area contributed by atoms with E-state index in [-0.39, 0.29) is 11.9 Å². The van der Waals surface area contributed by atoms with Gasteiger partial charge in [0.2, 0.25) is 0 Å². The molecule has 0 saturated heterocycles. The monoisotopic (exact) mass is 263 g/mol. The molecular weight excluding hydrogens is 245 g/mol. The van der Waals surface area contributed by atoms with E-state index in [1.165, 1.54) is 12.1 Å². The van der Waals surface area contributed by atoms with Crippen LogP contribution in [0.4, 0.5) is 4.39 Å². The number of benzene rings is 1. The second kappa shape index (κ2) is 6.33. The fraction of sp³-hybridized carbons (Fsp3) is 0.357. The molecule has 4 nitrogen and oxygen atoms in total. The Labute approximate surface area is 112 Å². The Bertz CT molecular complexity index is 511. The van der Waals surface area contributed by atoms with Crippen LogP contribution >= 0.6 is 0 Å². The lowest BCUT2D eigenvalue weighted by Crippen LogP contribution is -2.18. The van der Waals surface area contributed by atoms with Crippen molar-refractivity contribution in [3.8, 4) is 5.75 Å². The summed E-state index contributed by atoms with van der Waals surface area (Å²) in [5, 5.41) is 4.07. The van der Waals surface area contributed by atoms with Gasteiger partial charge in [0.1, 0.15) is 18.2 Å². The number of rotatable bonds is 6. The van der Waals surface area contributed by atoms with Crippen LogP contribution in [-0.4, -0.2) is 22.4 Å². The first-order valence-corrected chi connectivity index (χ1v) is 6.29. The van der Waals surface area contributed by atoms with Crippen LogP contribution in [0.1, 0.15) is 12.5 Å². The lowest BCUT2D eigenvalue weighted by molar-refractivity contribution is 0.289. The Morgan fingerprint density at radius 1 is 1.42 bits per heavy atom. The molecule has 1 atom stereocenters. The third-order valence-electron chi connectivity index (χ3n) is 2.64. The molecule has 1 unspecified atom stereocenters. The Kier molecular flexibility index (Phi) is 4.52. The van der Waals surface area contributed by atoms with Crippen molar-refractivity contribution in [1.82, 2.24) is 9.78 Å². The molecule has 0 bridgehead atoms. The molecule has 0 radical (unpaired) electrons. The Morgan fingerprint density at radius 3 is 2.95 bits per heavy atom. The Balaban J connectivity index is 1.93. The minimum Gasteiger partial charge on any atom is -0.492 e. The van der Waals surface area contributed by atoms with E-state index in [1.54, 1.807) is 10.9 Å². The molecule has 19 heavy (non-hydrogen) atoms. The van der Waals surface area contributed by atoms with E-state index in [2.05, 4.69) is 5.10 Å². The summed E-state index contributed by atoms with van der Waals surface area (Å²) >= 11 is 0. The van der Waals surface area contributed by atoms with Gasteiger partial charge in [-0.25, -0.2) is 4.39 Å². The molecule has 1 heterocycles. The molecule has 2 aromatic rings. The normalized spacial score (nSPS) is 12.4. The topological polar surface area (TPSA) is 53.1 Å². The third kappa shape index (κ3) is 4.37. The average Bonchev–Trinajstić information content (AvgIpc) is 2.80. The van der Waals surface area contributed by atoms with Crippen molar-refractivity contribution in [1.29, 1.82) is 0 Å². The van der Waals surface area contributed by atoms with Crippen LogP contribution in [-0.2, 0) is 13.0 Å². The summed E-state index contributed by atoms with van der Waals surface area (Å²) < 4.78 is 20.7. The maximum absolute atomic E-state index is 13.4. The number of hydrogen-bond acceptors (Lipinski definition) is 3. The molecular formula is C14H18FN3O. The summed E-state index contributed by atoms with van der Waals surface area (Å²) in [5.41, 5.74) is 6.57. The highest BCUT2D eigenvalue weighted by Crippen LogP contribution is 2.17. The number of halogens is 1. The first kappa shape index (κ1) is 13.5. The molecule has 0 aliphatic heterocycles. The molecule has 102 valence electrons. The summed E-state index contributed by atoms with van der Waals surface area (Å²) in [6, 6.07) is 6.55. The maximum Gasteiger partial charge on any atom is 0.127 e. The Morgan fingerprint density at radius 2 is 2.26 bits per heavy atom. The Hall–Kier alpha value is -1.88. The molecule has 2 N–H and O–H groups in total. The average molecular weight is 263 g/mol. The van der Waals surface area contributed by atoms with Gasteiger partial charge in [0.15, 0.2) is 0 Å². The first-order chi connectivity index (χ1) is 9.13. The lowest BCUT2D eigenvalue weighted by atomic mass is 10.1. The van der Waals surface area contributed by atoms with Gasteiger partial charge in [-0.3, -0.25) is 4.68 Å². The molecule has 0 spiro atoms. The van der Waals surface area contributed by atoms with Gasteiger partial charge in [-0.1, -0.05) is 0 Å². The first-order valence-electron chi connectivity index (χ1n) is 6.29. The van der Waals surface area contributed by atoms with Gasteiger partial charge in [0, 0.05) is 24.5 Å². The molecule has 1 aromatic carbocycles. The zero-order chi connectivity index (χ0) is 13.7. The van der Waals surface area contributed by atoms with E-state index in [1.807, 2.05) is 25.3 Å².